The van der Waals surface area contributed by atoms with Crippen LogP contribution in [-0.4, -0.2) is 56.7 Å². The highest BCUT2D eigenvalue weighted by molar-refractivity contribution is 7.91. The molecule has 0 spiro atoms. The maximum absolute atomic E-state index is 13.4. The van der Waals surface area contributed by atoms with E-state index in [0.717, 1.165) is 0 Å². The first-order valence-corrected chi connectivity index (χ1v) is 9.92. The summed E-state index contributed by atoms with van der Waals surface area (Å²) < 4.78 is 21.0. The molecule has 0 saturated carbocycles. The van der Waals surface area contributed by atoms with Crippen molar-refractivity contribution >= 4 is 24.9 Å². The van der Waals surface area contributed by atoms with Gasteiger partial charge in [0.25, 0.3) is 0 Å². The number of carboxylic acids is 1. The highest BCUT2D eigenvalue weighted by atomic mass is 31.1. The number of aliphatic carboxylic acids is 1. The zero-order valence-corrected chi connectivity index (χ0v) is 17.3. The van der Waals surface area contributed by atoms with Crippen molar-refractivity contribution in [1.82, 2.24) is 0 Å². The quantitative estimate of drug-likeness (QED) is 0.584. The molecule has 154 valence electrons. The fraction of sp³-hybridized carbons (Fsp3) is 0.250. The average Bonchev–Trinajstić information content (AvgIpc) is 2.74. The number of carbonyl (C=O) groups excluding carboxylic acids is 2. The first-order valence-electron chi connectivity index (χ1n) is 8.39. The molecule has 0 unspecified atom stereocenters. The predicted octanol–water partition coefficient (Wildman–Crippen LogP) is 3.27. The monoisotopic (exact) mass is 420 g/mol. The van der Waals surface area contributed by atoms with Gasteiger partial charge in [-0.15, -0.1) is 0 Å². The van der Waals surface area contributed by atoms with Crippen LogP contribution in [-0.2, 0) is 4.79 Å². The molecule has 0 atom stereocenters. The Bertz CT molecular complexity index is 813. The van der Waals surface area contributed by atoms with Crippen molar-refractivity contribution in [1.29, 1.82) is 0 Å². The maximum atomic E-state index is 13.4. The number of carboxylic acid groups (broad SMARTS) is 1. The molecule has 0 bridgehead atoms. The lowest BCUT2D eigenvalue weighted by Crippen LogP contribution is -2.16. The van der Waals surface area contributed by atoms with Gasteiger partial charge in [-0.25, -0.2) is 0 Å². The van der Waals surface area contributed by atoms with Gasteiger partial charge in [0.1, 0.15) is 34.1 Å². The largest absolute Gasteiger partial charge is 0.496 e. The third-order valence-corrected chi connectivity index (χ3v) is 6.08. The van der Waals surface area contributed by atoms with Gasteiger partial charge in [-0.05, 0) is 24.3 Å². The minimum Gasteiger partial charge on any atom is -0.496 e. The van der Waals surface area contributed by atoms with Crippen molar-refractivity contribution < 1.29 is 38.4 Å². The Morgan fingerprint density at radius 1 is 0.724 bits per heavy atom. The second-order valence-electron chi connectivity index (χ2n) is 5.67. The van der Waals surface area contributed by atoms with E-state index in [4.69, 9.17) is 18.9 Å². The minimum absolute atomic E-state index is 0.0204. The third-order valence-electron chi connectivity index (χ3n) is 4.07. The highest BCUT2D eigenvalue weighted by Crippen LogP contribution is 2.49. The van der Waals surface area contributed by atoms with Gasteiger partial charge in [-0.1, -0.05) is 12.1 Å². The summed E-state index contributed by atoms with van der Waals surface area (Å²) in [5.74, 6) is -0.529. The van der Waals surface area contributed by atoms with Crippen molar-refractivity contribution in [2.24, 2.45) is 0 Å². The second-order valence-corrected chi connectivity index (χ2v) is 7.65. The first-order chi connectivity index (χ1) is 13.9. The van der Waals surface area contributed by atoms with Crippen LogP contribution in [0.3, 0.4) is 0 Å². The lowest BCUT2D eigenvalue weighted by atomic mass is 10.2. The second kappa shape index (κ2) is 9.89. The molecule has 0 aliphatic heterocycles. The molecule has 2 aromatic carbocycles. The lowest BCUT2D eigenvalue weighted by molar-refractivity contribution is -0.134. The number of hydrogen-bond donors (Lipinski definition) is 1. The van der Waals surface area contributed by atoms with Crippen LogP contribution >= 0.6 is 7.92 Å². The Balaban J connectivity index is 2.64. The summed E-state index contributed by atoms with van der Waals surface area (Å²) in [5, 5.41) is 9.37. The van der Waals surface area contributed by atoms with Crippen molar-refractivity contribution in [3.63, 3.8) is 0 Å². The summed E-state index contributed by atoms with van der Waals surface area (Å²) in [6.45, 7) is 0. The van der Waals surface area contributed by atoms with E-state index in [2.05, 4.69) is 0 Å². The number of methoxy groups -OCH3 is 4. The molecule has 8 nitrogen and oxygen atoms in total. The average molecular weight is 420 g/mol. The minimum atomic E-state index is -2.36. The molecular formula is C20H21O8P. The van der Waals surface area contributed by atoms with Crippen LogP contribution in [0, 0.1) is 0 Å². The van der Waals surface area contributed by atoms with Crippen LogP contribution in [0.2, 0.25) is 0 Å². The Hall–Kier alpha value is -3.12. The first kappa shape index (κ1) is 22.2. The maximum Gasteiger partial charge on any atom is 0.308 e. The Kier molecular flexibility index (Phi) is 7.56. The van der Waals surface area contributed by atoms with Crippen molar-refractivity contribution in [3.05, 3.63) is 47.5 Å². The topological polar surface area (TPSA) is 108 Å². The van der Waals surface area contributed by atoms with Crippen LogP contribution in [0.25, 0.3) is 0 Å². The molecule has 0 aromatic heterocycles. The summed E-state index contributed by atoms with van der Waals surface area (Å²) in [6.07, 6.45) is -0.657. The molecule has 0 heterocycles. The molecule has 0 aliphatic rings. The SMILES string of the molecule is COc1cccc(OC)c1C(=O)P(CC(=O)O)C(=O)c1c(OC)cccc1OC. The van der Waals surface area contributed by atoms with Gasteiger partial charge in [-0.3, -0.25) is 14.4 Å². The summed E-state index contributed by atoms with van der Waals surface area (Å²) >= 11 is 0. The van der Waals surface area contributed by atoms with Gasteiger partial charge in [0.2, 0.25) is 0 Å². The van der Waals surface area contributed by atoms with E-state index < -0.39 is 31.1 Å². The molecule has 0 radical (unpaired) electrons. The van der Waals surface area contributed by atoms with Crippen LogP contribution in [0.15, 0.2) is 36.4 Å². The predicted molar refractivity (Wildman–Crippen MR) is 107 cm³/mol. The summed E-state index contributed by atoms with van der Waals surface area (Å²) in [4.78, 5) is 38.2. The summed E-state index contributed by atoms with van der Waals surface area (Å²) in [5.41, 5.74) is -1.30. The van der Waals surface area contributed by atoms with Gasteiger partial charge in [0, 0.05) is 0 Å². The fourth-order valence-corrected chi connectivity index (χ4v) is 4.49. The van der Waals surface area contributed by atoms with E-state index in [9.17, 15) is 19.5 Å². The molecule has 2 rings (SSSR count). The molecule has 0 saturated heterocycles. The Labute approximate surface area is 169 Å². The van der Waals surface area contributed by atoms with E-state index in [-0.39, 0.29) is 34.1 Å². The molecule has 0 aliphatic carbocycles. The molecule has 1 N–H and O–H groups in total. The van der Waals surface area contributed by atoms with Crippen molar-refractivity contribution in [2.45, 2.75) is 0 Å². The number of carbonyl (C=O) groups is 3. The molecule has 9 heteroatoms. The van der Waals surface area contributed by atoms with Gasteiger partial charge >= 0.3 is 5.97 Å². The summed E-state index contributed by atoms with van der Waals surface area (Å²) in [6, 6.07) is 9.41. The lowest BCUT2D eigenvalue weighted by Gasteiger charge is -2.19. The van der Waals surface area contributed by atoms with E-state index in [1.165, 1.54) is 52.7 Å². The zero-order valence-electron chi connectivity index (χ0n) is 16.4. The van der Waals surface area contributed by atoms with Crippen LogP contribution in [0.5, 0.6) is 23.0 Å². The van der Waals surface area contributed by atoms with Crippen molar-refractivity contribution in [3.8, 4) is 23.0 Å². The molecule has 2 aromatic rings. The van der Waals surface area contributed by atoms with Crippen LogP contribution < -0.4 is 18.9 Å². The molecular weight excluding hydrogens is 399 g/mol. The van der Waals surface area contributed by atoms with E-state index >= 15 is 0 Å². The smallest absolute Gasteiger partial charge is 0.308 e. The molecule has 29 heavy (non-hydrogen) atoms. The van der Waals surface area contributed by atoms with Gasteiger partial charge in [0.05, 0.1) is 42.5 Å². The fourth-order valence-electron chi connectivity index (χ4n) is 2.76. The third kappa shape index (κ3) is 4.66. The van der Waals surface area contributed by atoms with E-state index in [1.54, 1.807) is 12.1 Å². The number of hydrogen-bond acceptors (Lipinski definition) is 7. The van der Waals surface area contributed by atoms with Gasteiger partial charge < -0.3 is 24.1 Å². The summed E-state index contributed by atoms with van der Waals surface area (Å²) in [7, 11) is 3.12. The van der Waals surface area contributed by atoms with Gasteiger partial charge in [-0.2, -0.15) is 0 Å². The standard InChI is InChI=1S/C20H21O8P/c1-25-12-7-5-8-13(26-2)17(12)19(23)29(11-16(21)22)20(24)18-14(27-3)9-6-10-15(18)28-4/h5-10H,11H2,1-4H3,(H,21,22). The normalized spacial score (nSPS) is 10.4. The number of rotatable bonds is 10. The number of ether oxygens (including phenoxy) is 4. The molecule has 0 amide bonds. The van der Waals surface area contributed by atoms with Gasteiger partial charge in [0.15, 0.2) is 11.0 Å². The Morgan fingerprint density at radius 3 is 1.28 bits per heavy atom. The molecule has 0 fully saturated rings. The van der Waals surface area contributed by atoms with E-state index in [1.807, 2.05) is 0 Å². The van der Waals surface area contributed by atoms with Crippen LogP contribution in [0.4, 0.5) is 0 Å². The number of benzene rings is 2. The Morgan fingerprint density at radius 2 is 1.03 bits per heavy atom. The zero-order chi connectivity index (χ0) is 21.6. The highest BCUT2D eigenvalue weighted by Gasteiger charge is 2.36. The van der Waals surface area contributed by atoms with Crippen molar-refractivity contribution in [2.75, 3.05) is 34.6 Å². The van der Waals surface area contributed by atoms with E-state index in [0.29, 0.717) is 0 Å². The van der Waals surface area contributed by atoms with Crippen LogP contribution in [0.1, 0.15) is 20.7 Å².